The zero-order valence-corrected chi connectivity index (χ0v) is 13.1. The van der Waals surface area contributed by atoms with Gasteiger partial charge in [-0.15, -0.1) is 0 Å². The summed E-state index contributed by atoms with van der Waals surface area (Å²) in [5, 5.41) is 0. The van der Waals surface area contributed by atoms with Crippen LogP contribution >= 0.6 is 0 Å². The zero-order chi connectivity index (χ0) is 15.0. The van der Waals surface area contributed by atoms with Gasteiger partial charge in [0.2, 0.25) is 0 Å². The van der Waals surface area contributed by atoms with Crippen molar-refractivity contribution in [2.45, 2.75) is 34.1 Å². The Bertz CT molecular complexity index is 543. The van der Waals surface area contributed by atoms with Crippen LogP contribution < -0.4 is 0 Å². The van der Waals surface area contributed by atoms with Crippen LogP contribution in [0.5, 0.6) is 0 Å². The molecule has 0 saturated carbocycles. The second-order valence-corrected chi connectivity index (χ2v) is 4.71. The van der Waals surface area contributed by atoms with Crippen molar-refractivity contribution in [1.29, 1.82) is 0 Å². The Morgan fingerprint density at radius 1 is 1.15 bits per heavy atom. The monoisotopic (exact) mass is 268 g/mol. The molecule has 106 valence electrons. The van der Waals surface area contributed by atoms with Gasteiger partial charge in [-0.25, -0.2) is 4.99 Å². The summed E-state index contributed by atoms with van der Waals surface area (Å²) >= 11 is 0. The number of benzene rings is 1. The van der Waals surface area contributed by atoms with E-state index >= 15 is 0 Å². The topological polar surface area (TPSA) is 24.7 Å². The predicted octanol–water partition coefficient (Wildman–Crippen LogP) is 4.72. The van der Waals surface area contributed by atoms with Gasteiger partial charge in [0, 0.05) is 12.8 Å². The number of aliphatic imine (C=N–C) groups is 2. The first-order valence-electron chi connectivity index (χ1n) is 7.01. The predicted molar refractivity (Wildman–Crippen MR) is 90.8 cm³/mol. The smallest absolute Gasteiger partial charge is 0.109 e. The Morgan fingerprint density at radius 2 is 1.80 bits per heavy atom. The Kier molecular flexibility index (Phi) is 6.65. The third kappa shape index (κ3) is 4.61. The summed E-state index contributed by atoms with van der Waals surface area (Å²) in [7, 11) is 1.72. The Hall–Kier alpha value is -1.96. The quantitative estimate of drug-likeness (QED) is 0.419. The van der Waals surface area contributed by atoms with Gasteiger partial charge < -0.3 is 0 Å². The van der Waals surface area contributed by atoms with Gasteiger partial charge in [-0.1, -0.05) is 37.3 Å². The Morgan fingerprint density at radius 3 is 2.30 bits per heavy atom. The van der Waals surface area contributed by atoms with E-state index in [1.807, 2.05) is 6.92 Å². The van der Waals surface area contributed by atoms with Crippen LogP contribution in [-0.2, 0) is 6.42 Å². The molecule has 0 saturated heterocycles. The summed E-state index contributed by atoms with van der Waals surface area (Å²) < 4.78 is 0. The molecule has 0 aliphatic heterocycles. The molecule has 0 amide bonds. The van der Waals surface area contributed by atoms with Crippen molar-refractivity contribution in [1.82, 2.24) is 0 Å². The fourth-order valence-electron chi connectivity index (χ4n) is 1.85. The molecule has 0 spiro atoms. The molecule has 0 aromatic heterocycles. The summed E-state index contributed by atoms with van der Waals surface area (Å²) in [5.41, 5.74) is 5.95. The van der Waals surface area contributed by atoms with Crippen molar-refractivity contribution in [2.75, 3.05) is 7.05 Å². The van der Waals surface area contributed by atoms with E-state index in [9.17, 15) is 0 Å². The van der Waals surface area contributed by atoms with Crippen LogP contribution in [-0.4, -0.2) is 19.1 Å². The van der Waals surface area contributed by atoms with Crippen molar-refractivity contribution >= 4 is 17.6 Å². The van der Waals surface area contributed by atoms with Crippen molar-refractivity contribution in [3.63, 3.8) is 0 Å². The highest BCUT2D eigenvalue weighted by Gasteiger charge is 2.01. The van der Waals surface area contributed by atoms with Crippen LogP contribution in [0.2, 0.25) is 0 Å². The molecule has 0 fully saturated rings. The van der Waals surface area contributed by atoms with Crippen molar-refractivity contribution in [3.8, 4) is 0 Å². The number of nitrogens with zero attached hydrogens (tertiary/aromatic N) is 2. The van der Waals surface area contributed by atoms with E-state index in [-0.39, 0.29) is 0 Å². The maximum Gasteiger partial charge on any atom is 0.109 e. The Balaban J connectivity index is 3.02. The molecule has 1 aromatic carbocycles. The van der Waals surface area contributed by atoms with E-state index < -0.39 is 0 Å². The lowest BCUT2D eigenvalue weighted by molar-refractivity contribution is 1.14. The minimum Gasteiger partial charge on any atom is -0.277 e. The summed E-state index contributed by atoms with van der Waals surface area (Å²) in [6.07, 6.45) is 6.95. The highest BCUT2D eigenvalue weighted by atomic mass is 14.8. The molecular formula is C18H24N2. The van der Waals surface area contributed by atoms with Crippen LogP contribution in [0.1, 0.15) is 38.8 Å². The summed E-state index contributed by atoms with van der Waals surface area (Å²) in [5.74, 6) is 0. The fourth-order valence-corrected chi connectivity index (χ4v) is 1.85. The zero-order valence-electron chi connectivity index (χ0n) is 13.1. The molecule has 0 bridgehead atoms. The molecule has 20 heavy (non-hydrogen) atoms. The minimum absolute atomic E-state index is 0.986. The lowest BCUT2D eigenvalue weighted by atomic mass is 10.00. The van der Waals surface area contributed by atoms with Gasteiger partial charge in [-0.2, -0.15) is 0 Å². The second kappa shape index (κ2) is 8.26. The van der Waals surface area contributed by atoms with E-state index in [1.165, 1.54) is 16.7 Å². The van der Waals surface area contributed by atoms with Gasteiger partial charge in [0.25, 0.3) is 0 Å². The van der Waals surface area contributed by atoms with Gasteiger partial charge in [0.15, 0.2) is 0 Å². The molecule has 0 unspecified atom stereocenters. The molecular weight excluding hydrogens is 244 g/mol. The van der Waals surface area contributed by atoms with Crippen molar-refractivity contribution in [2.24, 2.45) is 9.98 Å². The van der Waals surface area contributed by atoms with Gasteiger partial charge in [0.05, 0.1) is 0 Å². The number of allylic oxidation sites excluding steroid dienone is 4. The lowest BCUT2D eigenvalue weighted by Gasteiger charge is -2.06. The second-order valence-electron chi connectivity index (χ2n) is 4.71. The lowest BCUT2D eigenvalue weighted by Crippen LogP contribution is -1.95. The number of hydrogen-bond donors (Lipinski definition) is 0. The van der Waals surface area contributed by atoms with Gasteiger partial charge in [0.1, 0.15) is 6.34 Å². The van der Waals surface area contributed by atoms with Crippen molar-refractivity contribution < 1.29 is 0 Å². The molecule has 0 N–H and O–H groups in total. The van der Waals surface area contributed by atoms with Gasteiger partial charge >= 0.3 is 0 Å². The largest absolute Gasteiger partial charge is 0.277 e. The highest BCUT2D eigenvalue weighted by Crippen LogP contribution is 2.19. The molecule has 1 aromatic rings. The van der Waals surface area contributed by atoms with E-state index in [0.29, 0.717) is 0 Å². The molecule has 0 heterocycles. The average molecular weight is 268 g/mol. The van der Waals surface area contributed by atoms with Crippen LogP contribution in [0, 0.1) is 0 Å². The minimum atomic E-state index is 0.986. The first kappa shape index (κ1) is 16.1. The van der Waals surface area contributed by atoms with Gasteiger partial charge in [-0.3, -0.25) is 4.99 Å². The number of aryl methyl sites for hydroxylation is 1. The summed E-state index contributed by atoms with van der Waals surface area (Å²) in [6, 6.07) is 8.73. The molecule has 2 nitrogen and oxygen atoms in total. The van der Waals surface area contributed by atoms with Crippen LogP contribution in [0.25, 0.3) is 5.57 Å². The number of rotatable bonds is 5. The molecule has 2 heteroatoms. The SMILES string of the molecule is C\C=C(/C=C(C)/C(C)=N\C=N/C)c1ccc(CC)cc1. The van der Waals surface area contributed by atoms with Gasteiger partial charge in [-0.05, 0) is 55.5 Å². The average Bonchev–Trinajstić information content (AvgIpc) is 2.50. The molecule has 0 atom stereocenters. The molecule has 1 rings (SSSR count). The van der Waals surface area contributed by atoms with Crippen molar-refractivity contribution in [3.05, 3.63) is 53.1 Å². The fraction of sp³-hybridized carbons (Fsp3) is 0.333. The Labute approximate surface area is 122 Å². The molecule has 0 radical (unpaired) electrons. The summed E-state index contributed by atoms with van der Waals surface area (Å²) in [6.45, 7) is 8.31. The maximum absolute atomic E-state index is 4.28. The van der Waals surface area contributed by atoms with Crippen LogP contribution in [0.4, 0.5) is 0 Å². The van der Waals surface area contributed by atoms with E-state index in [1.54, 1.807) is 13.4 Å². The normalized spacial score (nSPS) is 14.2. The number of hydrogen-bond acceptors (Lipinski definition) is 1. The molecule has 0 aliphatic carbocycles. The maximum atomic E-state index is 4.28. The standard InChI is InChI=1S/C18H24N2/c1-6-16-8-10-18(11-9-16)17(7-2)12-14(3)15(4)20-13-19-5/h7-13H,6H2,1-5H3/b14-12+,17-7+,19-13-,20-15-. The van der Waals surface area contributed by atoms with Crippen LogP contribution in [0.15, 0.2) is 52.0 Å². The van der Waals surface area contributed by atoms with E-state index in [4.69, 9.17) is 0 Å². The molecule has 0 aliphatic rings. The third-order valence-corrected chi connectivity index (χ3v) is 3.32. The van der Waals surface area contributed by atoms with Crippen LogP contribution in [0.3, 0.4) is 0 Å². The third-order valence-electron chi connectivity index (χ3n) is 3.32. The first-order valence-corrected chi connectivity index (χ1v) is 7.01. The van der Waals surface area contributed by atoms with E-state index in [0.717, 1.165) is 17.7 Å². The summed E-state index contributed by atoms with van der Waals surface area (Å²) in [4.78, 5) is 8.16. The first-order chi connectivity index (χ1) is 9.62. The van der Waals surface area contributed by atoms with E-state index in [2.05, 4.69) is 67.2 Å². The highest BCUT2D eigenvalue weighted by molar-refractivity contribution is 6.03.